The summed E-state index contributed by atoms with van der Waals surface area (Å²) >= 11 is 0. The molecule has 25 heavy (non-hydrogen) atoms. The van der Waals surface area contributed by atoms with Crippen LogP contribution in [-0.4, -0.2) is 20.2 Å². The van der Waals surface area contributed by atoms with Crippen LogP contribution in [0.2, 0.25) is 0 Å². The van der Waals surface area contributed by atoms with Crippen molar-refractivity contribution in [3.8, 4) is 0 Å². The Kier molecular flexibility index (Phi) is 4.84. The number of rotatable bonds is 6. The van der Waals surface area contributed by atoms with Crippen molar-refractivity contribution in [2.75, 3.05) is 0 Å². The minimum Gasteiger partial charge on any atom is -0.373 e. The van der Waals surface area contributed by atoms with Crippen LogP contribution in [0.5, 0.6) is 0 Å². The van der Waals surface area contributed by atoms with Crippen LogP contribution in [0.15, 0.2) is 72.0 Å². The van der Waals surface area contributed by atoms with E-state index >= 15 is 0 Å². The molecule has 1 aromatic heterocycles. The molecule has 2 aromatic carbocycles. The van der Waals surface area contributed by atoms with Gasteiger partial charge in [-0.2, -0.15) is 0 Å². The van der Waals surface area contributed by atoms with Crippen molar-refractivity contribution in [3.05, 3.63) is 93.9 Å². The zero-order chi connectivity index (χ0) is 17.6. The lowest BCUT2D eigenvalue weighted by molar-refractivity contribution is -0.389. The summed E-state index contributed by atoms with van der Waals surface area (Å²) in [6, 6.07) is 19.4. The summed E-state index contributed by atoms with van der Waals surface area (Å²) in [5, 5.41) is 15.0. The van der Waals surface area contributed by atoms with Crippen molar-refractivity contribution in [1.82, 2.24) is 9.55 Å². The van der Waals surface area contributed by atoms with Gasteiger partial charge >= 0.3 is 5.82 Å². The lowest BCUT2D eigenvalue weighted by Gasteiger charge is -2.07. The maximum atomic E-state index is 10.8. The highest BCUT2D eigenvalue weighted by Gasteiger charge is 2.15. The zero-order valence-electron chi connectivity index (χ0n) is 13.6. The summed E-state index contributed by atoms with van der Waals surface area (Å²) in [5.74, 6) is 0.277. The van der Waals surface area contributed by atoms with Gasteiger partial charge in [0.25, 0.3) is 0 Å². The van der Waals surface area contributed by atoms with Crippen LogP contribution in [0, 0.1) is 17.0 Å². The molecule has 1 heterocycles. The molecule has 0 saturated heterocycles. The van der Waals surface area contributed by atoms with E-state index in [4.69, 9.17) is 4.84 Å². The van der Waals surface area contributed by atoms with Gasteiger partial charge in [-0.25, -0.2) is 0 Å². The van der Waals surface area contributed by atoms with Crippen LogP contribution in [0.3, 0.4) is 0 Å². The highest BCUT2D eigenvalue weighted by molar-refractivity contribution is 6.12. The van der Waals surface area contributed by atoms with Crippen molar-refractivity contribution >= 4 is 11.5 Å². The minimum atomic E-state index is -0.536. The van der Waals surface area contributed by atoms with E-state index in [9.17, 15) is 10.1 Å². The molecule has 0 aliphatic carbocycles. The molecule has 0 aliphatic heterocycles. The summed E-state index contributed by atoms with van der Waals surface area (Å²) in [5.41, 5.74) is 2.53. The van der Waals surface area contributed by atoms with Crippen LogP contribution in [0.1, 0.15) is 17.0 Å². The Morgan fingerprint density at radius 3 is 2.16 bits per heavy atom. The second-order valence-electron chi connectivity index (χ2n) is 5.30. The summed E-state index contributed by atoms with van der Waals surface area (Å²) in [6.45, 7) is 1.71. The number of nitro groups is 1. The van der Waals surface area contributed by atoms with Gasteiger partial charge in [-0.3, -0.25) is 4.57 Å². The first-order valence-corrected chi connectivity index (χ1v) is 7.64. The molecule has 0 amide bonds. The highest BCUT2D eigenvalue weighted by Crippen LogP contribution is 2.13. The highest BCUT2D eigenvalue weighted by atomic mass is 16.6. The Morgan fingerprint density at radius 2 is 1.68 bits per heavy atom. The van der Waals surface area contributed by atoms with Gasteiger partial charge < -0.3 is 15.0 Å². The van der Waals surface area contributed by atoms with Crippen molar-refractivity contribution < 1.29 is 9.76 Å². The Bertz CT molecular complexity index is 848. The van der Waals surface area contributed by atoms with Crippen LogP contribution < -0.4 is 0 Å². The average Bonchev–Trinajstić information content (AvgIpc) is 3.01. The Labute approximate surface area is 144 Å². The van der Waals surface area contributed by atoms with Gasteiger partial charge in [0.05, 0.1) is 0 Å². The first kappa shape index (κ1) is 16.4. The number of imidazole rings is 1. The van der Waals surface area contributed by atoms with E-state index in [1.807, 2.05) is 60.7 Å². The standard InChI is InChI=1S/C18H16N4O3/c1-14-19-17(22(23)24)12-21(14)13-25-20-18(15-8-4-2-5-9-15)16-10-6-3-7-11-16/h2-12H,13H2,1H3. The molecule has 0 saturated carbocycles. The van der Waals surface area contributed by atoms with Crippen molar-refractivity contribution in [3.63, 3.8) is 0 Å². The monoisotopic (exact) mass is 336 g/mol. The van der Waals surface area contributed by atoms with E-state index < -0.39 is 4.92 Å². The molecular weight excluding hydrogens is 320 g/mol. The zero-order valence-corrected chi connectivity index (χ0v) is 13.6. The molecule has 0 fully saturated rings. The molecule has 3 rings (SSSR count). The summed E-state index contributed by atoms with van der Waals surface area (Å²) in [4.78, 5) is 19.6. The van der Waals surface area contributed by atoms with Crippen LogP contribution in [-0.2, 0) is 11.6 Å². The van der Waals surface area contributed by atoms with Gasteiger partial charge in [0.1, 0.15) is 11.9 Å². The van der Waals surface area contributed by atoms with E-state index in [1.54, 1.807) is 6.92 Å². The number of hydrogen-bond acceptors (Lipinski definition) is 5. The van der Waals surface area contributed by atoms with E-state index in [2.05, 4.69) is 10.1 Å². The number of oxime groups is 1. The number of aromatic nitrogens is 2. The van der Waals surface area contributed by atoms with Gasteiger partial charge in [-0.15, -0.1) is 0 Å². The van der Waals surface area contributed by atoms with Gasteiger partial charge in [0, 0.05) is 18.1 Å². The maximum absolute atomic E-state index is 10.8. The smallest absolute Gasteiger partial charge is 0.373 e. The van der Waals surface area contributed by atoms with Crippen molar-refractivity contribution in [2.45, 2.75) is 13.7 Å². The van der Waals surface area contributed by atoms with Gasteiger partial charge in [0.2, 0.25) is 5.82 Å². The molecule has 0 aliphatic rings. The molecule has 126 valence electrons. The molecule has 0 spiro atoms. The lowest BCUT2D eigenvalue weighted by atomic mass is 10.0. The van der Waals surface area contributed by atoms with Gasteiger partial charge in [-0.05, 0) is 9.91 Å². The minimum absolute atomic E-state index is 0.0375. The molecule has 0 radical (unpaired) electrons. The normalized spacial score (nSPS) is 10.3. The third kappa shape index (κ3) is 3.89. The topological polar surface area (TPSA) is 82.5 Å². The van der Waals surface area contributed by atoms with Crippen molar-refractivity contribution in [2.24, 2.45) is 5.16 Å². The molecule has 0 atom stereocenters. The Hall–Kier alpha value is -3.48. The second-order valence-corrected chi connectivity index (χ2v) is 5.30. The molecule has 0 bridgehead atoms. The van der Waals surface area contributed by atoms with E-state index in [1.165, 1.54) is 10.8 Å². The van der Waals surface area contributed by atoms with Gasteiger partial charge in [-0.1, -0.05) is 65.8 Å². The molecule has 0 N–H and O–H groups in total. The molecule has 0 unspecified atom stereocenters. The number of hydrogen-bond donors (Lipinski definition) is 0. The Balaban J connectivity index is 1.84. The van der Waals surface area contributed by atoms with Crippen LogP contribution in [0.25, 0.3) is 0 Å². The quantitative estimate of drug-likeness (QED) is 0.392. The summed E-state index contributed by atoms with van der Waals surface area (Å²) in [6.07, 6.45) is 1.33. The average molecular weight is 336 g/mol. The fourth-order valence-electron chi connectivity index (χ4n) is 2.33. The van der Waals surface area contributed by atoms with Crippen LogP contribution in [0.4, 0.5) is 5.82 Å². The molecule has 3 aromatic rings. The Morgan fingerprint density at radius 1 is 1.12 bits per heavy atom. The SMILES string of the molecule is Cc1nc([N+](=O)[O-])cn1CON=C(c1ccccc1)c1ccccc1. The molecule has 7 heteroatoms. The fraction of sp³-hybridized carbons (Fsp3) is 0.111. The second kappa shape index (κ2) is 7.39. The van der Waals surface area contributed by atoms with E-state index in [-0.39, 0.29) is 12.5 Å². The predicted molar refractivity (Wildman–Crippen MR) is 93.2 cm³/mol. The van der Waals surface area contributed by atoms with Crippen LogP contribution >= 0.6 is 0 Å². The summed E-state index contributed by atoms with van der Waals surface area (Å²) in [7, 11) is 0. The fourth-order valence-corrected chi connectivity index (χ4v) is 2.33. The number of benzene rings is 2. The van der Waals surface area contributed by atoms with Crippen molar-refractivity contribution in [1.29, 1.82) is 0 Å². The van der Waals surface area contributed by atoms with Gasteiger partial charge in [0.15, 0.2) is 6.73 Å². The predicted octanol–water partition coefficient (Wildman–Crippen LogP) is 3.53. The largest absolute Gasteiger partial charge is 0.381 e. The number of nitrogens with zero attached hydrogens (tertiary/aromatic N) is 4. The molecular formula is C18H16N4O3. The summed E-state index contributed by atoms with van der Waals surface area (Å²) < 4.78 is 1.54. The third-order valence-electron chi connectivity index (χ3n) is 3.60. The van der Waals surface area contributed by atoms with E-state index in [0.29, 0.717) is 11.5 Å². The lowest BCUT2D eigenvalue weighted by Crippen LogP contribution is -2.06. The maximum Gasteiger partial charge on any atom is 0.381 e. The number of aryl methyl sites for hydroxylation is 1. The molecule has 7 nitrogen and oxygen atoms in total. The third-order valence-corrected chi connectivity index (χ3v) is 3.60. The first-order valence-electron chi connectivity index (χ1n) is 7.64. The van der Waals surface area contributed by atoms with E-state index in [0.717, 1.165) is 11.1 Å². The first-order chi connectivity index (χ1) is 12.1.